The molecule has 3 aromatic carbocycles. The van der Waals surface area contributed by atoms with Gasteiger partial charge in [-0.05, 0) is 48.1 Å². The summed E-state index contributed by atoms with van der Waals surface area (Å²) in [6.07, 6.45) is 1.12. The number of Topliss-reactive ketones (excluding diaryl/α,β-unsaturated/α-hetero) is 1. The van der Waals surface area contributed by atoms with Crippen LogP contribution in [0.3, 0.4) is 0 Å². The predicted octanol–water partition coefficient (Wildman–Crippen LogP) is 6.85. The van der Waals surface area contributed by atoms with Gasteiger partial charge in [0, 0.05) is 34.8 Å². The molecule has 0 aromatic heterocycles. The van der Waals surface area contributed by atoms with Crippen LogP contribution in [0.2, 0.25) is 5.02 Å². The summed E-state index contributed by atoms with van der Waals surface area (Å²) in [5.74, 6) is 0.0960. The number of para-hydroxylation sites is 1. The normalized spacial score (nSPS) is 13.8. The molecule has 0 fully saturated rings. The van der Waals surface area contributed by atoms with Crippen molar-refractivity contribution in [2.45, 2.75) is 33.6 Å². The Balaban J connectivity index is 1.42. The molecule has 0 atom stereocenters. The molecule has 0 aliphatic carbocycles. The molecular formula is C29H29ClN2O2. The number of hydrogen-bond acceptors (Lipinski definition) is 3. The fourth-order valence-electron chi connectivity index (χ4n) is 4.28. The maximum Gasteiger partial charge on any atom is 0.248 e. The van der Waals surface area contributed by atoms with Gasteiger partial charge in [-0.25, -0.2) is 0 Å². The van der Waals surface area contributed by atoms with Crippen molar-refractivity contribution in [1.29, 1.82) is 0 Å². The third kappa shape index (κ3) is 5.45. The molecule has 174 valence electrons. The van der Waals surface area contributed by atoms with Crippen molar-refractivity contribution >= 4 is 34.7 Å². The summed E-state index contributed by atoms with van der Waals surface area (Å²) in [6.45, 7) is 6.82. The first kappa shape index (κ1) is 23.9. The number of anilines is 1. The molecule has 1 aliphatic heterocycles. The number of ketones is 1. The van der Waals surface area contributed by atoms with E-state index in [1.165, 1.54) is 0 Å². The second kappa shape index (κ2) is 9.94. The fraction of sp³-hybridized carbons (Fsp3) is 0.276. The van der Waals surface area contributed by atoms with Gasteiger partial charge in [0.1, 0.15) is 6.54 Å². The van der Waals surface area contributed by atoms with E-state index in [0.717, 1.165) is 28.1 Å². The lowest BCUT2D eigenvalue weighted by Crippen LogP contribution is -2.36. The van der Waals surface area contributed by atoms with Gasteiger partial charge in [0.05, 0.1) is 5.69 Å². The van der Waals surface area contributed by atoms with Gasteiger partial charge in [-0.3, -0.25) is 14.6 Å². The first-order valence-corrected chi connectivity index (χ1v) is 11.9. The summed E-state index contributed by atoms with van der Waals surface area (Å²) < 4.78 is 0. The van der Waals surface area contributed by atoms with Crippen molar-refractivity contribution in [3.8, 4) is 11.1 Å². The van der Waals surface area contributed by atoms with E-state index in [0.29, 0.717) is 30.0 Å². The number of amides is 1. The lowest BCUT2D eigenvalue weighted by Gasteiger charge is -2.29. The molecule has 1 amide bonds. The zero-order valence-corrected chi connectivity index (χ0v) is 20.6. The van der Waals surface area contributed by atoms with Crippen molar-refractivity contribution in [2.75, 3.05) is 18.0 Å². The Bertz CT molecular complexity index is 1230. The Morgan fingerprint density at radius 2 is 1.59 bits per heavy atom. The van der Waals surface area contributed by atoms with Gasteiger partial charge in [-0.15, -0.1) is 0 Å². The highest BCUT2D eigenvalue weighted by molar-refractivity contribution is 6.30. The van der Waals surface area contributed by atoms with Crippen LogP contribution in [0.15, 0.2) is 77.8 Å². The highest BCUT2D eigenvalue weighted by Crippen LogP contribution is 2.31. The number of hydrogen-bond donors (Lipinski definition) is 0. The van der Waals surface area contributed by atoms with Crippen LogP contribution in [0.1, 0.15) is 49.5 Å². The van der Waals surface area contributed by atoms with Crippen molar-refractivity contribution in [3.05, 3.63) is 88.9 Å². The molecule has 0 radical (unpaired) electrons. The first-order chi connectivity index (χ1) is 16.2. The summed E-state index contributed by atoms with van der Waals surface area (Å²) in [4.78, 5) is 32.1. The van der Waals surface area contributed by atoms with Crippen LogP contribution in [-0.2, 0) is 4.79 Å². The summed E-state index contributed by atoms with van der Waals surface area (Å²) in [7, 11) is 0. The SMILES string of the molecule is CC1=NCC(=O)N(CCC(C)(C)CC(=O)c2ccc(-c3ccc(Cl)cc3)cc2)c2ccccc21. The standard InChI is InChI=1S/C29H29ClN2O2/c1-20-25-6-4-5-7-26(25)32(28(34)19-31-20)17-16-29(2,3)18-27(33)23-10-8-21(9-11-23)22-12-14-24(30)15-13-22/h4-15H,16-19H2,1-3H3. The van der Waals surface area contributed by atoms with Crippen LogP contribution < -0.4 is 4.90 Å². The number of aliphatic imine (C=N–C) groups is 1. The van der Waals surface area contributed by atoms with E-state index in [1.54, 1.807) is 0 Å². The summed E-state index contributed by atoms with van der Waals surface area (Å²) in [5.41, 5.74) is 5.31. The quantitative estimate of drug-likeness (QED) is 0.353. The van der Waals surface area contributed by atoms with E-state index in [9.17, 15) is 9.59 Å². The molecule has 0 spiro atoms. The van der Waals surface area contributed by atoms with Crippen LogP contribution >= 0.6 is 11.6 Å². The molecular weight excluding hydrogens is 444 g/mol. The number of benzene rings is 3. The molecule has 0 saturated carbocycles. The minimum atomic E-state index is -0.261. The predicted molar refractivity (Wildman–Crippen MR) is 140 cm³/mol. The average molecular weight is 473 g/mol. The number of carbonyl (C=O) groups excluding carboxylic acids is 2. The lowest BCUT2D eigenvalue weighted by molar-refractivity contribution is -0.117. The van der Waals surface area contributed by atoms with Gasteiger partial charge in [0.15, 0.2) is 5.78 Å². The molecule has 4 nitrogen and oxygen atoms in total. The van der Waals surface area contributed by atoms with Gasteiger partial charge in [-0.2, -0.15) is 0 Å². The maximum atomic E-state index is 13.0. The molecule has 0 unspecified atom stereocenters. The van der Waals surface area contributed by atoms with Gasteiger partial charge in [-0.1, -0.05) is 80.0 Å². The molecule has 3 aromatic rings. The number of benzodiazepines with no additional fused rings is 1. The van der Waals surface area contributed by atoms with Crippen LogP contribution in [0.4, 0.5) is 5.69 Å². The third-order valence-corrected chi connectivity index (χ3v) is 6.62. The van der Waals surface area contributed by atoms with Crippen LogP contribution in [0.5, 0.6) is 0 Å². The maximum absolute atomic E-state index is 13.0. The number of rotatable bonds is 7. The Hall–Kier alpha value is -3.24. The molecule has 4 rings (SSSR count). The van der Waals surface area contributed by atoms with Crippen molar-refractivity contribution in [1.82, 2.24) is 0 Å². The van der Waals surface area contributed by atoms with Gasteiger partial charge >= 0.3 is 0 Å². The monoisotopic (exact) mass is 472 g/mol. The first-order valence-electron chi connectivity index (χ1n) is 11.5. The smallest absolute Gasteiger partial charge is 0.248 e. The molecule has 0 N–H and O–H groups in total. The Labute approximate surface area is 206 Å². The second-order valence-corrected chi connectivity index (χ2v) is 10.00. The van der Waals surface area contributed by atoms with Gasteiger partial charge < -0.3 is 4.90 Å². The Morgan fingerprint density at radius 3 is 2.26 bits per heavy atom. The minimum Gasteiger partial charge on any atom is -0.310 e. The van der Waals surface area contributed by atoms with E-state index in [4.69, 9.17) is 11.6 Å². The molecule has 5 heteroatoms. The van der Waals surface area contributed by atoms with Crippen molar-refractivity contribution in [2.24, 2.45) is 10.4 Å². The van der Waals surface area contributed by atoms with E-state index < -0.39 is 0 Å². The molecule has 1 aliphatic rings. The zero-order chi connectivity index (χ0) is 24.3. The van der Waals surface area contributed by atoms with E-state index >= 15 is 0 Å². The number of nitrogens with zero attached hydrogens (tertiary/aromatic N) is 2. The van der Waals surface area contributed by atoms with Crippen LogP contribution in [0, 0.1) is 5.41 Å². The van der Waals surface area contributed by atoms with Crippen LogP contribution in [0.25, 0.3) is 11.1 Å². The van der Waals surface area contributed by atoms with E-state index in [-0.39, 0.29) is 23.7 Å². The third-order valence-electron chi connectivity index (χ3n) is 6.37. The fourth-order valence-corrected chi connectivity index (χ4v) is 4.41. The summed E-state index contributed by atoms with van der Waals surface area (Å²) >= 11 is 5.98. The lowest BCUT2D eigenvalue weighted by atomic mass is 9.82. The molecule has 1 heterocycles. The van der Waals surface area contributed by atoms with Gasteiger partial charge in [0.2, 0.25) is 5.91 Å². The highest BCUT2D eigenvalue weighted by atomic mass is 35.5. The molecule has 0 saturated heterocycles. The summed E-state index contributed by atoms with van der Waals surface area (Å²) in [5, 5.41) is 0.700. The number of carbonyl (C=O) groups is 2. The van der Waals surface area contributed by atoms with E-state index in [1.807, 2.05) is 84.6 Å². The highest BCUT2D eigenvalue weighted by Gasteiger charge is 2.27. The van der Waals surface area contributed by atoms with Gasteiger partial charge in [0.25, 0.3) is 0 Å². The largest absolute Gasteiger partial charge is 0.310 e. The average Bonchev–Trinajstić information content (AvgIpc) is 2.94. The second-order valence-electron chi connectivity index (χ2n) is 9.56. The van der Waals surface area contributed by atoms with Crippen LogP contribution in [-0.4, -0.2) is 30.5 Å². The Morgan fingerprint density at radius 1 is 0.971 bits per heavy atom. The molecule has 34 heavy (non-hydrogen) atoms. The minimum absolute atomic E-state index is 0.00999. The number of fused-ring (bicyclic) bond motifs is 1. The summed E-state index contributed by atoms with van der Waals surface area (Å²) in [6, 6.07) is 23.3. The zero-order valence-electron chi connectivity index (χ0n) is 19.8. The van der Waals surface area contributed by atoms with E-state index in [2.05, 4.69) is 18.8 Å². The topological polar surface area (TPSA) is 49.7 Å². The Kier molecular flexibility index (Phi) is 6.99. The van der Waals surface area contributed by atoms with Crippen molar-refractivity contribution < 1.29 is 9.59 Å². The number of halogens is 1. The molecule has 0 bridgehead atoms. The van der Waals surface area contributed by atoms with Crippen molar-refractivity contribution in [3.63, 3.8) is 0 Å².